The Morgan fingerprint density at radius 2 is 1.91 bits per heavy atom. The summed E-state index contributed by atoms with van der Waals surface area (Å²) in [6, 6.07) is 15.3. The van der Waals surface area contributed by atoms with Gasteiger partial charge in [-0.1, -0.05) is 63.9 Å². The molecule has 3 nitrogen and oxygen atoms in total. The van der Waals surface area contributed by atoms with E-state index in [0.717, 1.165) is 20.1 Å². The van der Waals surface area contributed by atoms with Gasteiger partial charge in [0.25, 0.3) is 5.91 Å². The molecule has 22 heavy (non-hydrogen) atoms. The predicted molar refractivity (Wildman–Crippen MR) is 96.0 cm³/mol. The van der Waals surface area contributed by atoms with Gasteiger partial charge in [-0.05, 0) is 12.1 Å². The molecule has 0 unspecified atom stereocenters. The van der Waals surface area contributed by atoms with Crippen LogP contribution in [0.5, 0.6) is 0 Å². The van der Waals surface area contributed by atoms with Gasteiger partial charge in [0.05, 0.1) is 11.2 Å². The van der Waals surface area contributed by atoms with Crippen LogP contribution < -0.4 is 5.43 Å². The minimum Gasteiger partial charge on any atom is -0.266 e. The van der Waals surface area contributed by atoms with E-state index in [2.05, 4.69) is 26.5 Å². The number of hydrazone groups is 1. The number of nitrogens with one attached hydrogen (secondary N) is 1. The normalized spacial score (nSPS) is 11.2. The Bertz CT molecular complexity index is 875. The van der Waals surface area contributed by atoms with Gasteiger partial charge in [-0.3, -0.25) is 4.79 Å². The molecule has 3 rings (SSSR count). The third kappa shape index (κ3) is 3.06. The summed E-state index contributed by atoms with van der Waals surface area (Å²) < 4.78 is 1.89. The first kappa shape index (κ1) is 15.2. The average molecular weight is 394 g/mol. The summed E-state index contributed by atoms with van der Waals surface area (Å²) in [5.41, 5.74) is 3.39. The zero-order chi connectivity index (χ0) is 15.5. The smallest absolute Gasteiger partial charge is 0.266 e. The maximum atomic E-state index is 12.2. The molecule has 0 radical (unpaired) electrons. The van der Waals surface area contributed by atoms with Gasteiger partial charge < -0.3 is 0 Å². The summed E-state index contributed by atoms with van der Waals surface area (Å²) in [5, 5.41) is 5.33. The molecule has 1 amide bonds. The summed E-state index contributed by atoms with van der Waals surface area (Å²) in [6.07, 6.45) is 1.59. The van der Waals surface area contributed by atoms with Crippen LogP contribution in [-0.2, 0) is 0 Å². The molecule has 0 aliphatic heterocycles. The van der Waals surface area contributed by atoms with Crippen LogP contribution in [0.15, 0.2) is 58.1 Å². The van der Waals surface area contributed by atoms with Crippen LogP contribution in [0.4, 0.5) is 0 Å². The lowest BCUT2D eigenvalue weighted by Crippen LogP contribution is -2.16. The van der Waals surface area contributed by atoms with Crippen LogP contribution in [0.1, 0.15) is 15.2 Å². The summed E-state index contributed by atoms with van der Waals surface area (Å²) in [5.74, 6) is -0.311. The maximum absolute atomic E-state index is 12.2. The summed E-state index contributed by atoms with van der Waals surface area (Å²) >= 11 is 11.0. The summed E-state index contributed by atoms with van der Waals surface area (Å²) in [7, 11) is 0. The lowest BCUT2D eigenvalue weighted by atomic mass is 10.2. The van der Waals surface area contributed by atoms with Crippen LogP contribution in [0.3, 0.4) is 0 Å². The van der Waals surface area contributed by atoms with Crippen molar-refractivity contribution in [1.29, 1.82) is 0 Å². The monoisotopic (exact) mass is 392 g/mol. The molecule has 1 heterocycles. The number of benzene rings is 2. The fraction of sp³-hybridized carbons (Fsp3) is 0. The van der Waals surface area contributed by atoms with Crippen molar-refractivity contribution in [2.24, 2.45) is 5.10 Å². The first-order chi connectivity index (χ1) is 10.7. The Kier molecular flexibility index (Phi) is 4.57. The summed E-state index contributed by atoms with van der Waals surface area (Å²) in [6.45, 7) is 0. The first-order valence-electron chi connectivity index (χ1n) is 6.42. The average Bonchev–Trinajstić information content (AvgIpc) is 2.87. The van der Waals surface area contributed by atoms with E-state index >= 15 is 0 Å². The van der Waals surface area contributed by atoms with Gasteiger partial charge in [0.2, 0.25) is 0 Å². The molecular weight excluding hydrogens is 384 g/mol. The molecule has 0 bridgehead atoms. The Morgan fingerprint density at radius 3 is 2.68 bits per heavy atom. The molecule has 0 spiro atoms. The van der Waals surface area contributed by atoms with E-state index < -0.39 is 0 Å². The minimum absolute atomic E-state index is 0.311. The van der Waals surface area contributed by atoms with Crippen LogP contribution in [-0.4, -0.2) is 12.1 Å². The van der Waals surface area contributed by atoms with Crippen molar-refractivity contribution in [3.05, 3.63) is 68.5 Å². The van der Waals surface area contributed by atoms with Crippen molar-refractivity contribution in [3.63, 3.8) is 0 Å². The third-order valence-corrected chi connectivity index (χ3v) is 5.41. The number of amides is 1. The van der Waals surface area contributed by atoms with Crippen LogP contribution in [0.25, 0.3) is 10.1 Å². The molecule has 0 atom stereocenters. The minimum atomic E-state index is -0.311. The molecule has 0 aliphatic carbocycles. The Morgan fingerprint density at radius 1 is 1.18 bits per heavy atom. The van der Waals surface area contributed by atoms with Crippen molar-refractivity contribution in [1.82, 2.24) is 5.43 Å². The largest absolute Gasteiger partial charge is 0.283 e. The van der Waals surface area contributed by atoms with Gasteiger partial charge in [-0.2, -0.15) is 5.10 Å². The SMILES string of the molecule is O=C(NN=Cc1ccccc1Br)c1sc2ccccc2c1Cl. The Hall–Kier alpha value is -1.69. The van der Waals surface area contributed by atoms with Crippen molar-refractivity contribution in [3.8, 4) is 0 Å². The van der Waals surface area contributed by atoms with Gasteiger partial charge >= 0.3 is 0 Å². The number of nitrogens with zero attached hydrogens (tertiary/aromatic N) is 1. The van der Waals surface area contributed by atoms with Crippen molar-refractivity contribution in [2.75, 3.05) is 0 Å². The highest BCUT2D eigenvalue weighted by atomic mass is 79.9. The quantitative estimate of drug-likeness (QED) is 0.489. The third-order valence-electron chi connectivity index (χ3n) is 3.02. The van der Waals surface area contributed by atoms with E-state index in [9.17, 15) is 4.79 Å². The second-order valence-electron chi connectivity index (χ2n) is 4.46. The number of thiophene rings is 1. The number of carbonyl (C=O) groups excluding carboxylic acids is 1. The van der Waals surface area contributed by atoms with E-state index in [1.165, 1.54) is 11.3 Å². The van der Waals surface area contributed by atoms with Crippen LogP contribution >= 0.6 is 38.9 Å². The molecule has 0 aliphatic rings. The molecular formula is C16H10BrClN2OS. The molecule has 1 aromatic heterocycles. The molecule has 0 fully saturated rings. The standard InChI is InChI=1S/C16H10BrClN2OS/c17-12-7-3-1-5-10(12)9-19-20-16(21)15-14(18)11-6-2-4-8-13(11)22-15/h1-9H,(H,20,21). The van der Waals surface area contributed by atoms with Gasteiger partial charge in [0, 0.05) is 20.1 Å². The van der Waals surface area contributed by atoms with Gasteiger partial charge in [0.1, 0.15) is 4.88 Å². The molecule has 0 saturated carbocycles. The zero-order valence-electron chi connectivity index (χ0n) is 11.2. The Balaban J connectivity index is 1.79. The number of hydrogen-bond donors (Lipinski definition) is 1. The topological polar surface area (TPSA) is 41.5 Å². The zero-order valence-corrected chi connectivity index (χ0v) is 14.4. The highest BCUT2D eigenvalue weighted by Crippen LogP contribution is 2.34. The summed E-state index contributed by atoms with van der Waals surface area (Å²) in [4.78, 5) is 12.7. The Labute approximate surface area is 144 Å². The van der Waals surface area contributed by atoms with Gasteiger partial charge in [-0.15, -0.1) is 11.3 Å². The number of carbonyl (C=O) groups is 1. The fourth-order valence-corrected chi connectivity index (χ4v) is 3.75. The van der Waals surface area contributed by atoms with Crippen molar-refractivity contribution in [2.45, 2.75) is 0 Å². The highest BCUT2D eigenvalue weighted by molar-refractivity contribution is 9.10. The molecule has 6 heteroatoms. The molecule has 3 aromatic rings. The van der Waals surface area contributed by atoms with Crippen molar-refractivity contribution < 1.29 is 4.79 Å². The molecule has 110 valence electrons. The van der Waals surface area contributed by atoms with E-state index in [0.29, 0.717) is 9.90 Å². The maximum Gasteiger partial charge on any atom is 0.283 e. The van der Waals surface area contributed by atoms with Crippen LogP contribution in [0.2, 0.25) is 5.02 Å². The molecule has 2 aromatic carbocycles. The van der Waals surface area contributed by atoms with Crippen LogP contribution in [0, 0.1) is 0 Å². The van der Waals surface area contributed by atoms with Crippen molar-refractivity contribution >= 4 is 61.1 Å². The lowest BCUT2D eigenvalue weighted by molar-refractivity contribution is 0.0959. The number of rotatable bonds is 3. The lowest BCUT2D eigenvalue weighted by Gasteiger charge is -1.98. The van der Waals surface area contributed by atoms with Gasteiger partial charge in [0.15, 0.2) is 0 Å². The van der Waals surface area contributed by atoms with E-state index in [1.54, 1.807) is 6.21 Å². The molecule has 0 saturated heterocycles. The second-order valence-corrected chi connectivity index (χ2v) is 6.75. The number of hydrogen-bond acceptors (Lipinski definition) is 3. The van der Waals surface area contributed by atoms with E-state index in [1.807, 2.05) is 48.5 Å². The highest BCUT2D eigenvalue weighted by Gasteiger charge is 2.16. The fourth-order valence-electron chi connectivity index (χ4n) is 1.95. The molecule has 1 N–H and O–H groups in total. The first-order valence-corrected chi connectivity index (χ1v) is 8.40. The predicted octanol–water partition coefficient (Wildman–Crippen LogP) is 5.08. The van der Waals surface area contributed by atoms with E-state index in [-0.39, 0.29) is 5.91 Å². The van der Waals surface area contributed by atoms with E-state index in [4.69, 9.17) is 11.6 Å². The number of halogens is 2. The van der Waals surface area contributed by atoms with Gasteiger partial charge in [-0.25, -0.2) is 5.43 Å². The second kappa shape index (κ2) is 6.60. The number of fused-ring (bicyclic) bond motifs is 1.